The molecule has 0 fully saturated rings. The van der Waals surface area contributed by atoms with Crippen LogP contribution in [0, 0.1) is 0 Å². The largest absolute Gasteiger partial charge is 0.493 e. The lowest BCUT2D eigenvalue weighted by atomic mass is 10.3. The van der Waals surface area contributed by atoms with Gasteiger partial charge in [0.2, 0.25) is 0 Å². The molecule has 0 spiro atoms. The van der Waals surface area contributed by atoms with Crippen LogP contribution in [0.3, 0.4) is 0 Å². The van der Waals surface area contributed by atoms with E-state index < -0.39 is 18.7 Å². The van der Waals surface area contributed by atoms with Gasteiger partial charge < -0.3 is 14.8 Å². The maximum absolute atomic E-state index is 12.1. The van der Waals surface area contributed by atoms with Gasteiger partial charge in [0, 0.05) is 6.54 Å². The van der Waals surface area contributed by atoms with Gasteiger partial charge in [0.15, 0.2) is 11.4 Å². The molecule has 0 bridgehead atoms. The molecule has 1 heterocycles. The van der Waals surface area contributed by atoms with Crippen molar-refractivity contribution in [3.05, 3.63) is 42.2 Å². The third-order valence-corrected chi connectivity index (χ3v) is 2.93. The van der Waals surface area contributed by atoms with Gasteiger partial charge in [-0.3, -0.25) is 4.79 Å². The number of rotatable bonds is 7. The van der Waals surface area contributed by atoms with Crippen molar-refractivity contribution in [2.24, 2.45) is 0 Å². The highest BCUT2D eigenvalue weighted by molar-refractivity contribution is 5.94. The molecule has 9 heteroatoms. The van der Waals surface area contributed by atoms with E-state index in [2.05, 4.69) is 15.2 Å². The van der Waals surface area contributed by atoms with Crippen molar-refractivity contribution < 1.29 is 27.4 Å². The maximum atomic E-state index is 12.1. The summed E-state index contributed by atoms with van der Waals surface area (Å²) >= 11 is 0. The first-order valence-corrected chi connectivity index (χ1v) is 7.02. The van der Waals surface area contributed by atoms with Crippen molar-refractivity contribution in [3.63, 3.8) is 0 Å². The molecule has 0 saturated carbocycles. The summed E-state index contributed by atoms with van der Waals surface area (Å²) in [5, 5.41) is 6.59. The standard InChI is InChI=1S/C15H16F3N3O3/c1-23-12-9-21(11-5-3-2-4-6-11)20-13(12)14(22)19-7-8-24-10-15(16,17)18/h2-6,9H,7-8,10H2,1H3,(H,19,22). The van der Waals surface area contributed by atoms with Gasteiger partial charge in [0.05, 0.1) is 25.6 Å². The summed E-state index contributed by atoms with van der Waals surface area (Å²) in [5.74, 6) is -0.301. The number of halogens is 3. The molecule has 130 valence electrons. The Morgan fingerprint density at radius 1 is 1.29 bits per heavy atom. The molecule has 0 radical (unpaired) electrons. The first-order chi connectivity index (χ1) is 11.4. The second-order valence-electron chi connectivity index (χ2n) is 4.75. The summed E-state index contributed by atoms with van der Waals surface area (Å²) in [4.78, 5) is 12.1. The van der Waals surface area contributed by atoms with Gasteiger partial charge >= 0.3 is 6.18 Å². The van der Waals surface area contributed by atoms with E-state index in [1.807, 2.05) is 18.2 Å². The molecule has 1 aromatic heterocycles. The van der Waals surface area contributed by atoms with E-state index in [1.54, 1.807) is 18.3 Å². The third-order valence-electron chi connectivity index (χ3n) is 2.93. The Balaban J connectivity index is 1.95. The summed E-state index contributed by atoms with van der Waals surface area (Å²) in [6, 6.07) is 9.10. The molecule has 0 aliphatic heterocycles. The Bertz CT molecular complexity index is 672. The number of ether oxygens (including phenoxy) is 2. The number of hydrogen-bond donors (Lipinski definition) is 1. The molecular weight excluding hydrogens is 327 g/mol. The van der Waals surface area contributed by atoms with Crippen LogP contribution in [0.15, 0.2) is 36.5 Å². The van der Waals surface area contributed by atoms with Crippen LogP contribution >= 0.6 is 0 Å². The Morgan fingerprint density at radius 3 is 2.62 bits per heavy atom. The molecule has 0 saturated heterocycles. The van der Waals surface area contributed by atoms with E-state index in [0.29, 0.717) is 0 Å². The van der Waals surface area contributed by atoms with Crippen LogP contribution in [-0.4, -0.2) is 48.7 Å². The lowest BCUT2D eigenvalue weighted by Crippen LogP contribution is -2.29. The van der Waals surface area contributed by atoms with Gasteiger partial charge in [-0.15, -0.1) is 0 Å². The molecule has 0 aliphatic carbocycles. The molecule has 2 aromatic rings. The van der Waals surface area contributed by atoms with Crippen LogP contribution in [0.1, 0.15) is 10.5 Å². The van der Waals surface area contributed by atoms with E-state index in [1.165, 1.54) is 11.8 Å². The molecule has 0 unspecified atom stereocenters. The van der Waals surface area contributed by atoms with Crippen LogP contribution in [-0.2, 0) is 4.74 Å². The molecule has 1 aromatic carbocycles. The number of alkyl halides is 3. The first kappa shape index (κ1) is 17.8. The Labute approximate surface area is 136 Å². The van der Waals surface area contributed by atoms with Gasteiger partial charge in [-0.2, -0.15) is 18.3 Å². The van der Waals surface area contributed by atoms with Crippen LogP contribution < -0.4 is 10.1 Å². The molecule has 1 N–H and O–H groups in total. The number of para-hydroxylation sites is 1. The summed E-state index contributed by atoms with van der Waals surface area (Å²) in [6.45, 7) is -1.68. The zero-order chi connectivity index (χ0) is 17.6. The topological polar surface area (TPSA) is 65.4 Å². The minimum Gasteiger partial charge on any atom is -0.493 e. The Morgan fingerprint density at radius 2 is 2.00 bits per heavy atom. The number of nitrogens with zero attached hydrogens (tertiary/aromatic N) is 2. The van der Waals surface area contributed by atoms with E-state index in [-0.39, 0.29) is 24.6 Å². The van der Waals surface area contributed by atoms with Gasteiger partial charge in [-0.25, -0.2) is 4.68 Å². The molecule has 0 atom stereocenters. The number of benzene rings is 1. The van der Waals surface area contributed by atoms with E-state index >= 15 is 0 Å². The Hall–Kier alpha value is -2.55. The molecule has 2 rings (SSSR count). The average molecular weight is 343 g/mol. The van der Waals surface area contributed by atoms with Gasteiger partial charge in [0.1, 0.15) is 6.61 Å². The van der Waals surface area contributed by atoms with E-state index in [4.69, 9.17) is 4.74 Å². The highest BCUT2D eigenvalue weighted by atomic mass is 19.4. The fourth-order valence-electron chi connectivity index (χ4n) is 1.89. The van der Waals surface area contributed by atoms with E-state index in [0.717, 1.165) is 5.69 Å². The van der Waals surface area contributed by atoms with Crippen molar-refractivity contribution in [1.29, 1.82) is 0 Å². The van der Waals surface area contributed by atoms with Gasteiger partial charge in [0.25, 0.3) is 5.91 Å². The molecular formula is C15H16F3N3O3. The quantitative estimate of drug-likeness (QED) is 0.783. The minimum atomic E-state index is -4.39. The fourth-order valence-corrected chi connectivity index (χ4v) is 1.89. The molecule has 24 heavy (non-hydrogen) atoms. The highest BCUT2D eigenvalue weighted by Gasteiger charge is 2.27. The lowest BCUT2D eigenvalue weighted by Gasteiger charge is -2.08. The SMILES string of the molecule is COc1cn(-c2ccccc2)nc1C(=O)NCCOCC(F)(F)F. The maximum Gasteiger partial charge on any atom is 0.411 e. The summed E-state index contributed by atoms with van der Waals surface area (Å²) in [5.41, 5.74) is 0.778. The second-order valence-corrected chi connectivity index (χ2v) is 4.75. The van der Waals surface area contributed by atoms with Crippen molar-refractivity contribution in [3.8, 4) is 11.4 Å². The smallest absolute Gasteiger partial charge is 0.411 e. The fraction of sp³-hybridized carbons (Fsp3) is 0.333. The number of hydrogen-bond acceptors (Lipinski definition) is 4. The zero-order valence-corrected chi connectivity index (χ0v) is 12.8. The molecule has 0 aliphatic rings. The highest BCUT2D eigenvalue weighted by Crippen LogP contribution is 2.19. The Kier molecular flexibility index (Phi) is 5.80. The first-order valence-electron chi connectivity index (χ1n) is 7.02. The van der Waals surface area contributed by atoms with Crippen LogP contribution in [0.2, 0.25) is 0 Å². The number of aromatic nitrogens is 2. The number of carbonyl (C=O) groups excluding carboxylic acids is 1. The van der Waals surface area contributed by atoms with Crippen molar-refractivity contribution in [2.75, 3.05) is 26.9 Å². The van der Waals surface area contributed by atoms with Gasteiger partial charge in [-0.1, -0.05) is 18.2 Å². The predicted molar refractivity (Wildman–Crippen MR) is 79.3 cm³/mol. The number of carbonyl (C=O) groups is 1. The second kappa shape index (κ2) is 7.82. The average Bonchev–Trinajstić information content (AvgIpc) is 2.98. The van der Waals surface area contributed by atoms with Crippen LogP contribution in [0.25, 0.3) is 5.69 Å². The monoisotopic (exact) mass is 343 g/mol. The van der Waals surface area contributed by atoms with Crippen molar-refractivity contribution in [2.45, 2.75) is 6.18 Å². The van der Waals surface area contributed by atoms with Crippen LogP contribution in [0.5, 0.6) is 5.75 Å². The normalized spacial score (nSPS) is 11.3. The number of nitrogens with one attached hydrogen (secondary N) is 1. The summed E-state index contributed by atoms with van der Waals surface area (Å²) < 4.78 is 46.8. The zero-order valence-electron chi connectivity index (χ0n) is 12.8. The number of amides is 1. The third kappa shape index (κ3) is 4.98. The minimum absolute atomic E-state index is 0.0391. The summed E-state index contributed by atoms with van der Waals surface area (Å²) in [6.07, 6.45) is -2.84. The molecule has 6 nitrogen and oxygen atoms in total. The summed E-state index contributed by atoms with van der Waals surface area (Å²) in [7, 11) is 1.40. The van der Waals surface area contributed by atoms with E-state index in [9.17, 15) is 18.0 Å². The predicted octanol–water partition coefficient (Wildman–Crippen LogP) is 2.19. The lowest BCUT2D eigenvalue weighted by molar-refractivity contribution is -0.173. The number of methoxy groups -OCH3 is 1. The van der Waals surface area contributed by atoms with Crippen molar-refractivity contribution >= 4 is 5.91 Å². The van der Waals surface area contributed by atoms with Gasteiger partial charge in [-0.05, 0) is 12.1 Å². The van der Waals surface area contributed by atoms with Crippen molar-refractivity contribution in [1.82, 2.24) is 15.1 Å². The molecule has 1 amide bonds. The van der Waals surface area contributed by atoms with Crippen LogP contribution in [0.4, 0.5) is 13.2 Å².